The van der Waals surface area contributed by atoms with Gasteiger partial charge in [-0.15, -0.1) is 0 Å². The maximum absolute atomic E-state index is 5.94. The fourth-order valence-electron chi connectivity index (χ4n) is 1.56. The molecule has 2 aromatic heterocycles. The molecular formula is C9H9ClN6OS2. The van der Waals surface area contributed by atoms with E-state index in [9.17, 15) is 0 Å². The van der Waals surface area contributed by atoms with Gasteiger partial charge in [0.05, 0.1) is 13.2 Å². The van der Waals surface area contributed by atoms with E-state index in [-0.39, 0.29) is 5.28 Å². The number of aromatic nitrogens is 5. The third-order valence-corrected chi connectivity index (χ3v) is 4.14. The molecule has 1 aliphatic heterocycles. The minimum absolute atomic E-state index is 0.184. The minimum Gasteiger partial charge on any atom is -0.378 e. The second-order valence-corrected chi connectivity index (χ2v) is 5.93. The van der Waals surface area contributed by atoms with Crippen LogP contribution in [-0.4, -0.2) is 50.6 Å². The molecule has 0 amide bonds. The number of ether oxygens (including phenoxy) is 1. The zero-order chi connectivity index (χ0) is 13.1. The summed E-state index contributed by atoms with van der Waals surface area (Å²) in [6, 6.07) is 0. The molecule has 0 bridgehead atoms. The van der Waals surface area contributed by atoms with Gasteiger partial charge in [0.15, 0.2) is 4.34 Å². The Morgan fingerprint density at radius 3 is 2.84 bits per heavy atom. The van der Waals surface area contributed by atoms with Gasteiger partial charge < -0.3 is 9.64 Å². The van der Waals surface area contributed by atoms with Crippen molar-refractivity contribution in [2.45, 2.75) is 9.50 Å². The van der Waals surface area contributed by atoms with E-state index < -0.39 is 0 Å². The summed E-state index contributed by atoms with van der Waals surface area (Å²) in [7, 11) is 0. The smallest absolute Gasteiger partial charge is 0.230 e. The van der Waals surface area contributed by atoms with Gasteiger partial charge in [-0.2, -0.15) is 19.3 Å². The number of halogens is 1. The fraction of sp³-hybridized carbons (Fsp3) is 0.444. The Labute approximate surface area is 122 Å². The molecule has 0 aliphatic carbocycles. The Morgan fingerprint density at radius 2 is 2.11 bits per heavy atom. The van der Waals surface area contributed by atoms with E-state index in [1.807, 2.05) is 4.90 Å². The first kappa shape index (κ1) is 13.0. The highest BCUT2D eigenvalue weighted by Crippen LogP contribution is 2.27. The Morgan fingerprint density at radius 1 is 1.26 bits per heavy atom. The van der Waals surface area contributed by atoms with Crippen molar-refractivity contribution in [3.63, 3.8) is 0 Å². The highest BCUT2D eigenvalue weighted by molar-refractivity contribution is 8.00. The fourth-order valence-corrected chi connectivity index (χ4v) is 3.06. The van der Waals surface area contributed by atoms with Crippen molar-refractivity contribution in [2.75, 3.05) is 31.2 Å². The Bertz CT molecular complexity index is 548. The molecule has 1 aliphatic rings. The van der Waals surface area contributed by atoms with Crippen LogP contribution in [0.2, 0.25) is 5.28 Å². The summed E-state index contributed by atoms with van der Waals surface area (Å²) in [5.74, 6) is 0.579. The number of morpholine rings is 1. The van der Waals surface area contributed by atoms with Crippen LogP contribution in [0, 0.1) is 0 Å². The van der Waals surface area contributed by atoms with Gasteiger partial charge >= 0.3 is 0 Å². The van der Waals surface area contributed by atoms with E-state index >= 15 is 0 Å². The van der Waals surface area contributed by atoms with Gasteiger partial charge in [0.2, 0.25) is 16.4 Å². The van der Waals surface area contributed by atoms with Crippen molar-refractivity contribution in [1.29, 1.82) is 0 Å². The van der Waals surface area contributed by atoms with Crippen molar-refractivity contribution in [2.24, 2.45) is 0 Å². The standard InChI is InChI=1S/C9H9ClN6OS2/c10-6-13-7(16-1-3-17-4-2-16)15-8(14-6)18-9-11-5-12-19-9/h5H,1-4H2. The van der Waals surface area contributed by atoms with Gasteiger partial charge in [-0.3, -0.25) is 0 Å². The van der Waals surface area contributed by atoms with Crippen LogP contribution >= 0.6 is 34.9 Å². The number of hydrogen-bond acceptors (Lipinski definition) is 9. The normalized spacial score (nSPS) is 15.7. The second kappa shape index (κ2) is 5.95. The lowest BCUT2D eigenvalue weighted by atomic mass is 10.4. The first-order chi connectivity index (χ1) is 9.31. The summed E-state index contributed by atoms with van der Waals surface area (Å²) in [5.41, 5.74) is 0. The molecule has 0 spiro atoms. The quantitative estimate of drug-likeness (QED) is 0.840. The van der Waals surface area contributed by atoms with Crippen LogP contribution in [0.5, 0.6) is 0 Å². The SMILES string of the molecule is Clc1nc(Sc2ncns2)nc(N2CCOCC2)n1. The van der Waals surface area contributed by atoms with Crippen LogP contribution in [0.25, 0.3) is 0 Å². The highest BCUT2D eigenvalue weighted by atomic mass is 35.5. The first-order valence-corrected chi connectivity index (χ1v) is 7.47. The van der Waals surface area contributed by atoms with Crippen molar-refractivity contribution < 1.29 is 4.74 Å². The van der Waals surface area contributed by atoms with Crippen molar-refractivity contribution in [1.82, 2.24) is 24.3 Å². The van der Waals surface area contributed by atoms with E-state index in [0.717, 1.165) is 17.4 Å². The molecule has 0 N–H and O–H groups in total. The lowest BCUT2D eigenvalue weighted by molar-refractivity contribution is 0.122. The average Bonchev–Trinajstić information content (AvgIpc) is 2.92. The van der Waals surface area contributed by atoms with Crippen LogP contribution in [0.4, 0.5) is 5.95 Å². The predicted octanol–water partition coefficient (Wildman–Crippen LogP) is 1.36. The molecular weight excluding hydrogens is 308 g/mol. The maximum atomic E-state index is 5.94. The summed E-state index contributed by atoms with van der Waals surface area (Å²) in [5, 5.41) is 0.710. The minimum atomic E-state index is 0.184. The molecule has 7 nitrogen and oxygen atoms in total. The van der Waals surface area contributed by atoms with Gasteiger partial charge in [-0.05, 0) is 34.9 Å². The summed E-state index contributed by atoms with van der Waals surface area (Å²) in [6.45, 7) is 2.84. The topological polar surface area (TPSA) is 76.9 Å². The molecule has 0 atom stereocenters. The van der Waals surface area contributed by atoms with Crippen LogP contribution < -0.4 is 4.90 Å². The zero-order valence-corrected chi connectivity index (χ0v) is 12.1. The summed E-state index contributed by atoms with van der Waals surface area (Å²) >= 11 is 8.56. The highest BCUT2D eigenvalue weighted by Gasteiger charge is 2.16. The third-order valence-electron chi connectivity index (χ3n) is 2.39. The number of hydrogen-bond donors (Lipinski definition) is 0. The van der Waals surface area contributed by atoms with Crippen LogP contribution in [0.1, 0.15) is 0 Å². The van der Waals surface area contributed by atoms with E-state index in [2.05, 4.69) is 24.3 Å². The Balaban J connectivity index is 1.82. The molecule has 0 aromatic carbocycles. The Hall–Kier alpha value is -1.03. The van der Waals surface area contributed by atoms with Crippen LogP contribution in [0.15, 0.2) is 15.8 Å². The third kappa shape index (κ3) is 3.30. The predicted molar refractivity (Wildman–Crippen MR) is 71.9 cm³/mol. The Kier molecular flexibility index (Phi) is 4.06. The van der Waals surface area contributed by atoms with Gasteiger partial charge in [-0.25, -0.2) is 4.98 Å². The first-order valence-electron chi connectivity index (χ1n) is 5.50. The number of rotatable bonds is 3. The average molecular weight is 317 g/mol. The van der Waals surface area contributed by atoms with Crippen LogP contribution in [-0.2, 0) is 4.74 Å². The van der Waals surface area contributed by atoms with Crippen LogP contribution in [0.3, 0.4) is 0 Å². The lowest BCUT2D eigenvalue weighted by Gasteiger charge is -2.26. The van der Waals surface area contributed by atoms with E-state index in [0.29, 0.717) is 24.3 Å². The largest absolute Gasteiger partial charge is 0.378 e. The van der Waals surface area contributed by atoms with Crippen molar-refractivity contribution >= 4 is 40.8 Å². The van der Waals surface area contributed by atoms with Gasteiger partial charge in [0, 0.05) is 13.1 Å². The van der Waals surface area contributed by atoms with E-state index in [4.69, 9.17) is 16.3 Å². The molecule has 3 rings (SSSR count). The summed E-state index contributed by atoms with van der Waals surface area (Å²) in [4.78, 5) is 18.7. The van der Waals surface area contributed by atoms with Gasteiger partial charge in [0.1, 0.15) is 6.33 Å². The van der Waals surface area contributed by atoms with E-state index in [1.54, 1.807) is 0 Å². The summed E-state index contributed by atoms with van der Waals surface area (Å²) < 4.78 is 10.0. The number of anilines is 1. The van der Waals surface area contributed by atoms with Gasteiger partial charge in [-0.1, -0.05) is 0 Å². The molecule has 1 saturated heterocycles. The molecule has 0 radical (unpaired) electrons. The van der Waals surface area contributed by atoms with E-state index in [1.165, 1.54) is 29.6 Å². The maximum Gasteiger partial charge on any atom is 0.230 e. The molecule has 3 heterocycles. The number of nitrogens with zero attached hydrogens (tertiary/aromatic N) is 6. The zero-order valence-electron chi connectivity index (χ0n) is 9.69. The lowest BCUT2D eigenvalue weighted by Crippen LogP contribution is -2.37. The molecule has 0 saturated carbocycles. The molecule has 0 unspecified atom stereocenters. The van der Waals surface area contributed by atoms with Crippen molar-refractivity contribution in [3.8, 4) is 0 Å². The summed E-state index contributed by atoms with van der Waals surface area (Å²) in [6.07, 6.45) is 1.50. The second-order valence-electron chi connectivity index (χ2n) is 3.60. The molecule has 10 heteroatoms. The van der Waals surface area contributed by atoms with Gasteiger partial charge in [0.25, 0.3) is 0 Å². The molecule has 19 heavy (non-hydrogen) atoms. The monoisotopic (exact) mass is 316 g/mol. The molecule has 2 aromatic rings. The molecule has 1 fully saturated rings. The van der Waals surface area contributed by atoms with Crippen molar-refractivity contribution in [3.05, 3.63) is 11.6 Å². The molecule has 100 valence electrons.